The molecule has 3 atom stereocenters. The smallest absolute Gasteiger partial charge is 0.231 e. The maximum absolute atomic E-state index is 5.89. The van der Waals surface area contributed by atoms with E-state index in [1.54, 1.807) is 14.2 Å². The van der Waals surface area contributed by atoms with Gasteiger partial charge in [-0.1, -0.05) is 0 Å². The zero-order valence-corrected chi connectivity index (χ0v) is 14.7. The normalized spacial score (nSPS) is 28.3. The van der Waals surface area contributed by atoms with Gasteiger partial charge in [-0.25, -0.2) is 0 Å². The van der Waals surface area contributed by atoms with E-state index < -0.39 is 0 Å². The van der Waals surface area contributed by atoms with Gasteiger partial charge in [-0.05, 0) is 35.4 Å². The van der Waals surface area contributed by atoms with E-state index in [0.29, 0.717) is 12.8 Å². The average molecular weight is 340 g/mol. The Hall–Kier alpha value is -2.40. The van der Waals surface area contributed by atoms with E-state index in [4.69, 9.17) is 18.9 Å². The number of methoxy groups -OCH3 is 2. The molecule has 1 aromatic carbocycles. The molecule has 0 aromatic heterocycles. The van der Waals surface area contributed by atoms with Gasteiger partial charge in [0.05, 0.1) is 27.8 Å². The van der Waals surface area contributed by atoms with Crippen LogP contribution in [0.1, 0.15) is 28.7 Å². The van der Waals surface area contributed by atoms with Crippen molar-refractivity contribution in [2.75, 3.05) is 34.6 Å². The Morgan fingerprint density at radius 1 is 1.08 bits per heavy atom. The molecule has 5 heteroatoms. The SMILES string of the molecule is COC1=CC2=CC3c4c(cc5c(c4C2C=C1OC)OCO5)CC[NH+]3C. The van der Waals surface area contributed by atoms with Crippen LogP contribution >= 0.6 is 0 Å². The van der Waals surface area contributed by atoms with Crippen molar-refractivity contribution in [2.24, 2.45) is 0 Å². The molecule has 5 nitrogen and oxygen atoms in total. The molecule has 0 radical (unpaired) electrons. The third-order valence-corrected chi connectivity index (χ3v) is 5.79. The second-order valence-electron chi connectivity index (χ2n) is 7.01. The Labute approximate surface area is 147 Å². The molecule has 5 rings (SSSR count). The largest absolute Gasteiger partial charge is 0.493 e. The van der Waals surface area contributed by atoms with Crippen LogP contribution in [0.15, 0.2) is 41.4 Å². The molecule has 0 amide bonds. The molecule has 0 spiro atoms. The van der Waals surface area contributed by atoms with E-state index in [0.717, 1.165) is 36.0 Å². The van der Waals surface area contributed by atoms with Gasteiger partial charge in [0.15, 0.2) is 23.0 Å². The molecule has 0 bridgehead atoms. The zero-order valence-electron chi connectivity index (χ0n) is 14.7. The minimum atomic E-state index is 0.112. The van der Waals surface area contributed by atoms with Crippen molar-refractivity contribution in [1.82, 2.24) is 0 Å². The lowest BCUT2D eigenvalue weighted by molar-refractivity contribution is -0.907. The van der Waals surface area contributed by atoms with Crippen LogP contribution in [-0.2, 0) is 15.9 Å². The van der Waals surface area contributed by atoms with Gasteiger partial charge in [0.2, 0.25) is 6.79 Å². The number of fused-ring (bicyclic) bond motifs is 4. The summed E-state index contributed by atoms with van der Waals surface area (Å²) in [6.45, 7) is 1.41. The summed E-state index contributed by atoms with van der Waals surface area (Å²) >= 11 is 0. The van der Waals surface area contributed by atoms with Gasteiger partial charge in [-0.2, -0.15) is 0 Å². The van der Waals surface area contributed by atoms with E-state index in [9.17, 15) is 0 Å². The summed E-state index contributed by atoms with van der Waals surface area (Å²) in [6, 6.07) is 2.52. The van der Waals surface area contributed by atoms with E-state index >= 15 is 0 Å². The highest BCUT2D eigenvalue weighted by Crippen LogP contribution is 2.52. The van der Waals surface area contributed by atoms with Gasteiger partial charge < -0.3 is 23.8 Å². The van der Waals surface area contributed by atoms with E-state index in [-0.39, 0.29) is 5.92 Å². The summed E-state index contributed by atoms with van der Waals surface area (Å²) < 4.78 is 22.7. The maximum atomic E-state index is 5.89. The standard InChI is InChI=1S/C20H21NO4/c1-21-5-4-11-7-17-20(25-10-24-17)19-13-9-16(23-3)15(22-2)8-12(13)6-14(21)18(11)19/h6-9,13-14H,4-5,10H2,1-3H3/p+1. The first-order valence-corrected chi connectivity index (χ1v) is 8.72. The molecule has 25 heavy (non-hydrogen) atoms. The molecule has 2 aliphatic carbocycles. The summed E-state index contributed by atoms with van der Waals surface area (Å²) in [5, 5.41) is 0. The van der Waals surface area contributed by atoms with Crippen LogP contribution < -0.4 is 14.4 Å². The maximum Gasteiger partial charge on any atom is 0.231 e. The molecule has 1 N–H and O–H groups in total. The molecule has 0 saturated heterocycles. The molecule has 0 fully saturated rings. The van der Waals surface area contributed by atoms with Crippen molar-refractivity contribution < 1.29 is 23.8 Å². The number of likely N-dealkylation sites (N-methyl/N-ethyl adjacent to an activating group) is 1. The highest BCUT2D eigenvalue weighted by Gasteiger charge is 2.42. The molecule has 1 aromatic rings. The zero-order chi connectivity index (χ0) is 17.1. The fraction of sp³-hybridized carbons (Fsp3) is 0.400. The third kappa shape index (κ3) is 1.99. The van der Waals surface area contributed by atoms with Gasteiger partial charge in [0.1, 0.15) is 6.04 Å². The minimum Gasteiger partial charge on any atom is -0.493 e. The second kappa shape index (κ2) is 5.30. The number of nitrogens with one attached hydrogen (secondary N) is 1. The van der Waals surface area contributed by atoms with Crippen molar-refractivity contribution in [3.8, 4) is 11.5 Å². The van der Waals surface area contributed by atoms with Crippen molar-refractivity contribution in [3.63, 3.8) is 0 Å². The molecular weight excluding hydrogens is 318 g/mol. The number of rotatable bonds is 2. The summed E-state index contributed by atoms with van der Waals surface area (Å²) in [6.07, 6.45) is 7.69. The van der Waals surface area contributed by atoms with Crippen LogP contribution in [-0.4, -0.2) is 34.6 Å². The lowest BCUT2D eigenvalue weighted by Crippen LogP contribution is -3.10. The summed E-state index contributed by atoms with van der Waals surface area (Å²) in [7, 11) is 5.63. The first-order valence-electron chi connectivity index (χ1n) is 8.72. The molecule has 0 saturated carbocycles. The molecule has 2 aliphatic heterocycles. The topological polar surface area (TPSA) is 41.4 Å². The van der Waals surface area contributed by atoms with Gasteiger partial charge >= 0.3 is 0 Å². The summed E-state index contributed by atoms with van der Waals surface area (Å²) in [5.74, 6) is 3.43. The Bertz CT molecular complexity index is 852. The van der Waals surface area contributed by atoms with Crippen molar-refractivity contribution >= 4 is 0 Å². The van der Waals surface area contributed by atoms with Crippen LogP contribution in [0.3, 0.4) is 0 Å². The van der Waals surface area contributed by atoms with Crippen LogP contribution in [0.4, 0.5) is 0 Å². The van der Waals surface area contributed by atoms with Crippen LogP contribution in [0, 0.1) is 0 Å². The van der Waals surface area contributed by atoms with E-state index in [2.05, 4.69) is 31.3 Å². The molecule has 4 aliphatic rings. The molecule has 3 unspecified atom stereocenters. The van der Waals surface area contributed by atoms with Crippen LogP contribution in [0.5, 0.6) is 11.5 Å². The van der Waals surface area contributed by atoms with Crippen molar-refractivity contribution in [1.29, 1.82) is 0 Å². The van der Waals surface area contributed by atoms with Crippen molar-refractivity contribution in [3.05, 3.63) is 58.1 Å². The van der Waals surface area contributed by atoms with Gasteiger partial charge in [-0.15, -0.1) is 0 Å². The molecular formula is C20H22NO4+. The van der Waals surface area contributed by atoms with E-state index in [1.165, 1.54) is 27.2 Å². The summed E-state index contributed by atoms with van der Waals surface area (Å²) in [4.78, 5) is 1.51. The number of quaternary nitrogens is 1. The van der Waals surface area contributed by atoms with Gasteiger partial charge in [0.25, 0.3) is 0 Å². The second-order valence-corrected chi connectivity index (χ2v) is 7.01. The monoisotopic (exact) mass is 340 g/mol. The fourth-order valence-electron chi connectivity index (χ4n) is 4.54. The van der Waals surface area contributed by atoms with Crippen LogP contribution in [0.25, 0.3) is 0 Å². The summed E-state index contributed by atoms with van der Waals surface area (Å²) in [5.41, 5.74) is 5.28. The predicted molar refractivity (Wildman–Crippen MR) is 91.8 cm³/mol. The minimum absolute atomic E-state index is 0.112. The number of hydrogen-bond donors (Lipinski definition) is 1. The third-order valence-electron chi connectivity index (χ3n) is 5.79. The number of benzene rings is 1. The average Bonchev–Trinajstić information content (AvgIpc) is 3.11. The fourth-order valence-corrected chi connectivity index (χ4v) is 4.54. The molecule has 130 valence electrons. The number of ether oxygens (including phenoxy) is 4. The Morgan fingerprint density at radius 3 is 2.72 bits per heavy atom. The van der Waals surface area contributed by atoms with Gasteiger partial charge in [0, 0.05) is 23.5 Å². The first-order chi connectivity index (χ1) is 12.2. The lowest BCUT2D eigenvalue weighted by atomic mass is 9.73. The Kier molecular flexibility index (Phi) is 3.16. The lowest BCUT2D eigenvalue weighted by Gasteiger charge is -2.38. The first kappa shape index (κ1) is 14.9. The predicted octanol–water partition coefficient (Wildman–Crippen LogP) is 1.62. The number of hydrogen-bond acceptors (Lipinski definition) is 4. The Morgan fingerprint density at radius 2 is 1.92 bits per heavy atom. The molecule has 2 heterocycles. The highest BCUT2D eigenvalue weighted by molar-refractivity contribution is 5.66. The van der Waals surface area contributed by atoms with E-state index in [1.807, 2.05) is 0 Å². The van der Waals surface area contributed by atoms with Crippen molar-refractivity contribution in [2.45, 2.75) is 18.4 Å². The van der Waals surface area contributed by atoms with Crippen LogP contribution in [0.2, 0.25) is 0 Å². The Balaban J connectivity index is 1.77. The quantitative estimate of drug-likeness (QED) is 0.888. The number of allylic oxidation sites excluding steroid dienone is 3. The van der Waals surface area contributed by atoms with Gasteiger partial charge in [-0.3, -0.25) is 0 Å². The highest BCUT2D eigenvalue weighted by atomic mass is 16.7.